The zero-order valence-corrected chi connectivity index (χ0v) is 28.5. The Balaban J connectivity index is 1.06. The highest BCUT2D eigenvalue weighted by Crippen LogP contribution is 2.39. The number of hydrogen-bond acceptors (Lipinski definition) is 4. The maximum Gasteiger partial charge on any atom is 0.164 e. The fourth-order valence-electron chi connectivity index (χ4n) is 7.86. The Labute approximate surface area is 304 Å². The molecule has 0 aliphatic rings. The lowest BCUT2D eigenvalue weighted by molar-refractivity contribution is 0.669. The van der Waals surface area contributed by atoms with Crippen molar-refractivity contribution in [2.24, 2.45) is 0 Å². The first kappa shape index (κ1) is 29.5. The Hall–Kier alpha value is -7.17. The van der Waals surface area contributed by atoms with Gasteiger partial charge in [0, 0.05) is 27.5 Å². The fourth-order valence-corrected chi connectivity index (χ4v) is 7.86. The topological polar surface area (TPSA) is 51.8 Å². The van der Waals surface area contributed by atoms with Crippen molar-refractivity contribution in [3.05, 3.63) is 176 Å². The highest BCUT2D eigenvalue weighted by molar-refractivity contribution is 6.18. The van der Waals surface area contributed by atoms with E-state index in [1.54, 1.807) is 0 Å². The number of fused-ring (bicyclic) bond motifs is 9. The Bertz CT molecular complexity index is 3240. The van der Waals surface area contributed by atoms with Crippen LogP contribution in [0.4, 0.5) is 0 Å². The number of hydrogen-bond donors (Lipinski definition) is 0. The van der Waals surface area contributed by atoms with E-state index in [-0.39, 0.29) is 0 Å². The summed E-state index contributed by atoms with van der Waals surface area (Å²) in [5.74, 6) is 1.86. The van der Waals surface area contributed by atoms with Gasteiger partial charge in [-0.15, -0.1) is 0 Å². The standard InChI is InChI=1S/C49H29N3O/c1-2-11-33(12-3-1)47-50-48(37-20-17-30-9-4-5-13-34(30)27-37)52-49(51-47)42-15-8-16-44-46(42)41-26-23-36(29-45(41)53-44)35-19-18-32-22-24-39-38-14-7-6-10-31(38)21-25-40(39)43(32)28-35/h1-29H. The summed E-state index contributed by atoms with van der Waals surface area (Å²) in [4.78, 5) is 15.2. The van der Waals surface area contributed by atoms with Crippen LogP contribution < -0.4 is 0 Å². The van der Waals surface area contributed by atoms with Crippen LogP contribution in [0, 0.1) is 0 Å². The monoisotopic (exact) mass is 675 g/mol. The summed E-state index contributed by atoms with van der Waals surface area (Å²) in [6.45, 7) is 0. The van der Waals surface area contributed by atoms with Crippen LogP contribution >= 0.6 is 0 Å². The number of benzene rings is 9. The lowest BCUT2D eigenvalue weighted by atomic mass is 9.94. The third-order valence-electron chi connectivity index (χ3n) is 10.5. The average molecular weight is 676 g/mol. The van der Waals surface area contributed by atoms with Crippen molar-refractivity contribution in [1.29, 1.82) is 0 Å². The molecule has 0 aliphatic heterocycles. The van der Waals surface area contributed by atoms with E-state index in [4.69, 9.17) is 19.4 Å². The molecule has 0 fully saturated rings. The highest BCUT2D eigenvalue weighted by Gasteiger charge is 2.19. The fraction of sp³-hybridized carbons (Fsp3) is 0. The van der Waals surface area contributed by atoms with Crippen LogP contribution in [0.5, 0.6) is 0 Å². The van der Waals surface area contributed by atoms with Gasteiger partial charge in [-0.2, -0.15) is 0 Å². The average Bonchev–Trinajstić information content (AvgIpc) is 3.61. The molecule has 0 bridgehead atoms. The molecule has 53 heavy (non-hydrogen) atoms. The molecule has 2 aromatic heterocycles. The smallest absolute Gasteiger partial charge is 0.164 e. The van der Waals surface area contributed by atoms with Gasteiger partial charge in [0.05, 0.1) is 0 Å². The molecule has 0 saturated heterocycles. The van der Waals surface area contributed by atoms with Crippen molar-refractivity contribution in [1.82, 2.24) is 15.0 Å². The van der Waals surface area contributed by atoms with Gasteiger partial charge in [0.25, 0.3) is 0 Å². The molecule has 11 aromatic rings. The molecule has 0 spiro atoms. The second kappa shape index (κ2) is 11.7. The predicted molar refractivity (Wildman–Crippen MR) is 219 cm³/mol. The molecule has 0 saturated carbocycles. The SMILES string of the molecule is c1ccc(-c2nc(-c3ccc4ccccc4c3)nc(-c3cccc4oc5cc(-c6ccc7ccc8c9ccccc9ccc8c7c6)ccc5c34)n2)cc1. The zero-order valence-electron chi connectivity index (χ0n) is 28.5. The van der Waals surface area contributed by atoms with E-state index in [2.05, 4.69) is 133 Å². The summed E-state index contributed by atoms with van der Waals surface area (Å²) >= 11 is 0. The van der Waals surface area contributed by atoms with E-state index in [1.807, 2.05) is 42.5 Å². The molecule has 4 heteroatoms. The summed E-state index contributed by atoms with van der Waals surface area (Å²) in [5.41, 5.74) is 6.63. The lowest BCUT2D eigenvalue weighted by Crippen LogP contribution is -2.00. The van der Waals surface area contributed by atoms with E-state index >= 15 is 0 Å². The van der Waals surface area contributed by atoms with E-state index in [9.17, 15) is 0 Å². The van der Waals surface area contributed by atoms with Crippen LogP contribution in [-0.2, 0) is 0 Å². The summed E-state index contributed by atoms with van der Waals surface area (Å²) in [6, 6.07) is 61.7. The maximum atomic E-state index is 6.59. The first-order valence-electron chi connectivity index (χ1n) is 17.8. The number of nitrogens with zero attached hydrogens (tertiary/aromatic N) is 3. The quantitative estimate of drug-likeness (QED) is 0.174. The summed E-state index contributed by atoms with van der Waals surface area (Å²) in [6.07, 6.45) is 0. The van der Waals surface area contributed by atoms with Gasteiger partial charge in [0.15, 0.2) is 17.5 Å². The molecule has 0 aliphatic carbocycles. The molecule has 4 nitrogen and oxygen atoms in total. The molecule has 0 radical (unpaired) electrons. The van der Waals surface area contributed by atoms with Gasteiger partial charge in [-0.1, -0.05) is 146 Å². The molecule has 2 heterocycles. The van der Waals surface area contributed by atoms with Crippen molar-refractivity contribution < 1.29 is 4.42 Å². The molecular formula is C49H29N3O. The van der Waals surface area contributed by atoms with Gasteiger partial charge in [-0.3, -0.25) is 0 Å². The molecule has 246 valence electrons. The third kappa shape index (κ3) is 4.88. The molecule has 0 N–H and O–H groups in total. The number of furan rings is 1. The lowest BCUT2D eigenvalue weighted by Gasteiger charge is -2.10. The molecule has 0 unspecified atom stereocenters. The Morgan fingerprint density at radius 2 is 0.906 bits per heavy atom. The van der Waals surface area contributed by atoms with Crippen molar-refractivity contribution in [3.63, 3.8) is 0 Å². The van der Waals surface area contributed by atoms with Crippen LogP contribution in [0.2, 0.25) is 0 Å². The van der Waals surface area contributed by atoms with Crippen molar-refractivity contribution in [2.75, 3.05) is 0 Å². The van der Waals surface area contributed by atoms with Gasteiger partial charge in [-0.05, 0) is 84.5 Å². The minimum absolute atomic E-state index is 0.605. The minimum Gasteiger partial charge on any atom is -0.456 e. The second-order valence-corrected chi connectivity index (χ2v) is 13.6. The Kier molecular flexibility index (Phi) is 6.52. The summed E-state index contributed by atoms with van der Waals surface area (Å²) in [7, 11) is 0. The van der Waals surface area contributed by atoms with Crippen LogP contribution in [-0.4, -0.2) is 15.0 Å². The van der Waals surface area contributed by atoms with E-state index in [0.29, 0.717) is 17.5 Å². The molecule has 9 aromatic carbocycles. The van der Waals surface area contributed by atoms with Crippen LogP contribution in [0.1, 0.15) is 0 Å². The largest absolute Gasteiger partial charge is 0.456 e. The molecule has 11 rings (SSSR count). The second-order valence-electron chi connectivity index (χ2n) is 13.6. The van der Waals surface area contributed by atoms with E-state index < -0.39 is 0 Å². The maximum absolute atomic E-state index is 6.59. The number of rotatable bonds is 4. The van der Waals surface area contributed by atoms with Gasteiger partial charge in [-0.25, -0.2) is 15.0 Å². The van der Waals surface area contributed by atoms with Gasteiger partial charge < -0.3 is 4.42 Å². The van der Waals surface area contributed by atoms with E-state index in [0.717, 1.165) is 55.1 Å². The van der Waals surface area contributed by atoms with Crippen molar-refractivity contribution in [3.8, 4) is 45.3 Å². The summed E-state index contributed by atoms with van der Waals surface area (Å²) in [5, 5.41) is 11.8. The normalized spacial score (nSPS) is 11.8. The van der Waals surface area contributed by atoms with Gasteiger partial charge in [0.1, 0.15) is 11.2 Å². The van der Waals surface area contributed by atoms with Crippen LogP contribution in [0.15, 0.2) is 180 Å². The van der Waals surface area contributed by atoms with Gasteiger partial charge >= 0.3 is 0 Å². The number of aromatic nitrogens is 3. The van der Waals surface area contributed by atoms with Gasteiger partial charge in [0.2, 0.25) is 0 Å². The minimum atomic E-state index is 0.605. The predicted octanol–water partition coefficient (Wildman–Crippen LogP) is 13.1. The Morgan fingerprint density at radius 3 is 1.77 bits per heavy atom. The summed E-state index contributed by atoms with van der Waals surface area (Å²) < 4.78 is 6.59. The molecule has 0 amide bonds. The molecular weight excluding hydrogens is 647 g/mol. The highest BCUT2D eigenvalue weighted by atomic mass is 16.3. The van der Waals surface area contributed by atoms with Crippen LogP contribution in [0.3, 0.4) is 0 Å². The Morgan fingerprint density at radius 1 is 0.302 bits per heavy atom. The zero-order chi connectivity index (χ0) is 34.9. The third-order valence-corrected chi connectivity index (χ3v) is 10.5. The van der Waals surface area contributed by atoms with Crippen molar-refractivity contribution >= 4 is 65.0 Å². The first-order chi connectivity index (χ1) is 26.2. The van der Waals surface area contributed by atoms with Crippen LogP contribution in [0.25, 0.3) is 110 Å². The first-order valence-corrected chi connectivity index (χ1v) is 17.8. The molecule has 0 atom stereocenters. The van der Waals surface area contributed by atoms with E-state index in [1.165, 1.54) is 37.7 Å². The van der Waals surface area contributed by atoms with Crippen molar-refractivity contribution in [2.45, 2.75) is 0 Å².